The quantitative estimate of drug-likeness (QED) is 0.671. The molecule has 6 nitrogen and oxygen atoms in total. The summed E-state index contributed by atoms with van der Waals surface area (Å²) in [5.41, 5.74) is 3.87. The van der Waals surface area contributed by atoms with Gasteiger partial charge in [-0.2, -0.15) is 5.10 Å². The number of aryl methyl sites for hydroxylation is 1. The standard InChI is InChI=1S/C23H27N5O/c1-18-24-23(20-5-3-2-4-6-20)28(25-18)17-27-12-10-26(11-13-27)16-19-7-8-22-21(15-19)9-14-29-22/h2-8,15H,9-14,16-17H2,1H3. The van der Waals surface area contributed by atoms with Crippen molar-refractivity contribution in [2.75, 3.05) is 32.8 Å². The Hall–Kier alpha value is -2.70. The van der Waals surface area contributed by atoms with Crippen LogP contribution in [0.5, 0.6) is 5.75 Å². The molecular formula is C23H27N5O. The third-order valence-electron chi connectivity index (χ3n) is 5.77. The van der Waals surface area contributed by atoms with Gasteiger partial charge in [-0.3, -0.25) is 9.80 Å². The van der Waals surface area contributed by atoms with E-state index in [0.29, 0.717) is 0 Å². The number of piperazine rings is 1. The number of hydrogen-bond donors (Lipinski definition) is 0. The van der Waals surface area contributed by atoms with Crippen molar-refractivity contribution in [3.8, 4) is 17.1 Å². The van der Waals surface area contributed by atoms with Gasteiger partial charge >= 0.3 is 0 Å². The molecule has 3 heterocycles. The smallest absolute Gasteiger partial charge is 0.159 e. The third-order valence-corrected chi connectivity index (χ3v) is 5.77. The summed E-state index contributed by atoms with van der Waals surface area (Å²) in [6.07, 6.45) is 1.04. The van der Waals surface area contributed by atoms with Gasteiger partial charge in [-0.1, -0.05) is 42.5 Å². The molecule has 1 fully saturated rings. The van der Waals surface area contributed by atoms with Crippen LogP contribution in [-0.4, -0.2) is 57.4 Å². The first kappa shape index (κ1) is 18.3. The predicted molar refractivity (Wildman–Crippen MR) is 113 cm³/mol. The molecule has 150 valence electrons. The van der Waals surface area contributed by atoms with Crippen LogP contribution in [0, 0.1) is 6.92 Å². The molecule has 2 aromatic carbocycles. The van der Waals surface area contributed by atoms with Gasteiger partial charge in [0.2, 0.25) is 0 Å². The van der Waals surface area contributed by atoms with Gasteiger partial charge in [0.05, 0.1) is 13.3 Å². The van der Waals surface area contributed by atoms with Gasteiger partial charge in [-0.15, -0.1) is 0 Å². The van der Waals surface area contributed by atoms with Gasteiger partial charge in [-0.25, -0.2) is 9.67 Å². The van der Waals surface area contributed by atoms with Gasteiger partial charge in [-0.05, 0) is 24.1 Å². The number of rotatable bonds is 5. The fourth-order valence-corrected chi connectivity index (χ4v) is 4.23. The van der Waals surface area contributed by atoms with E-state index in [0.717, 1.165) is 75.4 Å². The Morgan fingerprint density at radius 1 is 0.966 bits per heavy atom. The Morgan fingerprint density at radius 3 is 2.59 bits per heavy atom. The molecule has 0 radical (unpaired) electrons. The topological polar surface area (TPSA) is 46.4 Å². The first-order valence-electron chi connectivity index (χ1n) is 10.4. The average Bonchev–Trinajstić information content (AvgIpc) is 3.36. The molecule has 0 atom stereocenters. The molecule has 29 heavy (non-hydrogen) atoms. The Balaban J connectivity index is 1.20. The second-order valence-electron chi connectivity index (χ2n) is 7.92. The summed E-state index contributed by atoms with van der Waals surface area (Å²) in [5.74, 6) is 2.84. The lowest BCUT2D eigenvalue weighted by Crippen LogP contribution is -2.46. The lowest BCUT2D eigenvalue weighted by atomic mass is 10.1. The molecular weight excluding hydrogens is 362 g/mol. The van der Waals surface area contributed by atoms with E-state index >= 15 is 0 Å². The normalized spacial score (nSPS) is 17.3. The molecule has 0 unspecified atom stereocenters. The van der Waals surface area contributed by atoms with E-state index in [1.54, 1.807) is 0 Å². The maximum absolute atomic E-state index is 5.62. The highest BCUT2D eigenvalue weighted by Gasteiger charge is 2.20. The Labute approximate surface area is 171 Å². The van der Waals surface area contributed by atoms with Gasteiger partial charge in [0, 0.05) is 44.7 Å². The Kier molecular flexibility index (Phi) is 5.04. The minimum absolute atomic E-state index is 0.787. The molecule has 1 saturated heterocycles. The zero-order valence-corrected chi connectivity index (χ0v) is 16.9. The second kappa shape index (κ2) is 7.97. The summed E-state index contributed by atoms with van der Waals surface area (Å²) in [7, 11) is 0. The van der Waals surface area contributed by atoms with Crippen molar-refractivity contribution < 1.29 is 4.74 Å². The largest absolute Gasteiger partial charge is 0.493 e. The highest BCUT2D eigenvalue weighted by atomic mass is 16.5. The van der Waals surface area contributed by atoms with Crippen LogP contribution in [0.25, 0.3) is 11.4 Å². The molecule has 2 aliphatic rings. The highest BCUT2D eigenvalue weighted by Crippen LogP contribution is 2.26. The van der Waals surface area contributed by atoms with Crippen molar-refractivity contribution in [2.45, 2.75) is 26.6 Å². The molecule has 5 rings (SSSR count). The summed E-state index contributed by atoms with van der Waals surface area (Å²) in [6.45, 7) is 8.81. The van der Waals surface area contributed by atoms with Crippen molar-refractivity contribution >= 4 is 0 Å². The SMILES string of the molecule is Cc1nc(-c2ccccc2)n(CN2CCN(Cc3ccc4c(c3)CCO4)CC2)n1. The zero-order valence-electron chi connectivity index (χ0n) is 16.9. The van der Waals surface area contributed by atoms with E-state index < -0.39 is 0 Å². The van der Waals surface area contributed by atoms with E-state index in [2.05, 4.69) is 50.2 Å². The molecule has 0 aliphatic carbocycles. The first-order valence-corrected chi connectivity index (χ1v) is 10.4. The number of ether oxygens (including phenoxy) is 1. The lowest BCUT2D eigenvalue weighted by Gasteiger charge is -2.34. The van der Waals surface area contributed by atoms with E-state index in [-0.39, 0.29) is 0 Å². The van der Waals surface area contributed by atoms with Gasteiger partial charge in [0.15, 0.2) is 5.82 Å². The van der Waals surface area contributed by atoms with Gasteiger partial charge in [0.1, 0.15) is 11.6 Å². The van der Waals surface area contributed by atoms with Gasteiger partial charge in [0.25, 0.3) is 0 Å². The zero-order chi connectivity index (χ0) is 19.6. The van der Waals surface area contributed by atoms with E-state index in [1.807, 2.05) is 29.8 Å². The lowest BCUT2D eigenvalue weighted by molar-refractivity contribution is 0.0992. The fraction of sp³-hybridized carbons (Fsp3) is 0.391. The van der Waals surface area contributed by atoms with Crippen LogP contribution in [0.3, 0.4) is 0 Å². The molecule has 3 aromatic rings. The number of aromatic nitrogens is 3. The second-order valence-corrected chi connectivity index (χ2v) is 7.92. The van der Waals surface area contributed by atoms with Crippen LogP contribution < -0.4 is 4.74 Å². The van der Waals surface area contributed by atoms with Crippen LogP contribution in [0.1, 0.15) is 17.0 Å². The molecule has 0 spiro atoms. The number of benzene rings is 2. The molecule has 0 saturated carbocycles. The van der Waals surface area contributed by atoms with Crippen molar-refractivity contribution in [3.05, 3.63) is 65.5 Å². The molecule has 2 aliphatic heterocycles. The van der Waals surface area contributed by atoms with E-state index in [1.165, 1.54) is 11.1 Å². The van der Waals surface area contributed by atoms with Crippen LogP contribution in [0.15, 0.2) is 48.5 Å². The summed E-state index contributed by atoms with van der Waals surface area (Å²) in [5, 5.41) is 4.64. The van der Waals surface area contributed by atoms with Crippen molar-refractivity contribution in [3.63, 3.8) is 0 Å². The maximum Gasteiger partial charge on any atom is 0.159 e. The van der Waals surface area contributed by atoms with Crippen LogP contribution in [0.4, 0.5) is 0 Å². The summed E-state index contributed by atoms with van der Waals surface area (Å²) < 4.78 is 7.67. The molecule has 1 aromatic heterocycles. The van der Waals surface area contributed by atoms with E-state index in [9.17, 15) is 0 Å². The molecule has 0 amide bonds. The average molecular weight is 390 g/mol. The maximum atomic E-state index is 5.62. The number of nitrogens with zero attached hydrogens (tertiary/aromatic N) is 5. The third kappa shape index (κ3) is 4.04. The molecule has 0 N–H and O–H groups in total. The van der Waals surface area contributed by atoms with Crippen LogP contribution >= 0.6 is 0 Å². The van der Waals surface area contributed by atoms with Crippen molar-refractivity contribution in [1.82, 2.24) is 24.6 Å². The summed E-state index contributed by atoms with van der Waals surface area (Å²) in [6, 6.07) is 17.0. The van der Waals surface area contributed by atoms with Crippen LogP contribution in [0.2, 0.25) is 0 Å². The van der Waals surface area contributed by atoms with Crippen molar-refractivity contribution in [2.24, 2.45) is 0 Å². The monoisotopic (exact) mass is 389 g/mol. The highest BCUT2D eigenvalue weighted by molar-refractivity contribution is 5.54. The summed E-state index contributed by atoms with van der Waals surface area (Å²) in [4.78, 5) is 9.66. The van der Waals surface area contributed by atoms with Crippen LogP contribution in [-0.2, 0) is 19.6 Å². The minimum atomic E-state index is 0.787. The Morgan fingerprint density at radius 2 is 1.76 bits per heavy atom. The predicted octanol–water partition coefficient (Wildman–Crippen LogP) is 2.96. The number of hydrogen-bond acceptors (Lipinski definition) is 5. The molecule has 0 bridgehead atoms. The van der Waals surface area contributed by atoms with Gasteiger partial charge < -0.3 is 4.74 Å². The van der Waals surface area contributed by atoms with E-state index in [4.69, 9.17) is 4.74 Å². The fourth-order valence-electron chi connectivity index (χ4n) is 4.23. The number of fused-ring (bicyclic) bond motifs is 1. The molecule has 6 heteroatoms. The Bertz CT molecular complexity index is 976. The first-order chi connectivity index (χ1) is 14.2. The summed E-state index contributed by atoms with van der Waals surface area (Å²) >= 11 is 0. The minimum Gasteiger partial charge on any atom is -0.493 e. The van der Waals surface area contributed by atoms with Crippen molar-refractivity contribution in [1.29, 1.82) is 0 Å².